The summed E-state index contributed by atoms with van der Waals surface area (Å²) in [5.74, 6) is 0.0157. The molecular weight excluding hydrogens is 338 g/mol. The Morgan fingerprint density at radius 3 is 2.50 bits per heavy atom. The minimum absolute atomic E-state index is 0.0157. The fraction of sp³-hybridized carbons (Fsp3) is 0.500. The summed E-state index contributed by atoms with van der Waals surface area (Å²) in [6.07, 6.45) is -3.64. The van der Waals surface area contributed by atoms with Crippen molar-refractivity contribution in [1.29, 1.82) is 0 Å². The molecule has 0 aliphatic carbocycles. The average molecular weight is 353 g/mol. The first-order valence-corrected chi connectivity index (χ1v) is 6.46. The van der Waals surface area contributed by atoms with Crippen molar-refractivity contribution < 1.29 is 23.0 Å². The highest BCUT2D eigenvalue weighted by molar-refractivity contribution is 9.10. The van der Waals surface area contributed by atoms with E-state index in [0.717, 1.165) is 6.07 Å². The van der Waals surface area contributed by atoms with Crippen molar-refractivity contribution in [3.8, 4) is 5.88 Å². The molecule has 0 bridgehead atoms. The van der Waals surface area contributed by atoms with E-state index in [9.17, 15) is 13.6 Å². The number of aromatic nitrogens is 1. The van der Waals surface area contributed by atoms with Crippen LogP contribution in [0.5, 0.6) is 5.88 Å². The van der Waals surface area contributed by atoms with Crippen LogP contribution in [0.25, 0.3) is 0 Å². The van der Waals surface area contributed by atoms with E-state index in [0.29, 0.717) is 0 Å². The van der Waals surface area contributed by atoms with Crippen molar-refractivity contribution in [2.45, 2.75) is 32.8 Å². The lowest BCUT2D eigenvalue weighted by atomic mass is 10.2. The van der Waals surface area contributed by atoms with E-state index >= 15 is 0 Å². The minimum atomic E-state index is -2.80. The fourth-order valence-electron chi connectivity index (χ4n) is 1.32. The summed E-state index contributed by atoms with van der Waals surface area (Å²) in [6.45, 7) is 5.01. The summed E-state index contributed by atoms with van der Waals surface area (Å²) in [5, 5.41) is 2.26. The topological polar surface area (TPSA) is 60.5 Å². The highest BCUT2D eigenvalue weighted by atomic mass is 79.9. The van der Waals surface area contributed by atoms with Gasteiger partial charge in [-0.3, -0.25) is 5.32 Å². The molecule has 8 heteroatoms. The number of nitrogens with zero attached hydrogens (tertiary/aromatic N) is 1. The van der Waals surface area contributed by atoms with Gasteiger partial charge in [0.1, 0.15) is 10.2 Å². The molecule has 1 aromatic heterocycles. The number of hydrogen-bond acceptors (Lipinski definition) is 4. The van der Waals surface area contributed by atoms with Gasteiger partial charge in [0.05, 0.1) is 12.8 Å². The minimum Gasteiger partial charge on any atom is -0.481 e. The molecule has 5 nitrogen and oxygen atoms in total. The number of ether oxygens (including phenoxy) is 2. The highest BCUT2D eigenvalue weighted by Crippen LogP contribution is 2.35. The van der Waals surface area contributed by atoms with Crippen LogP contribution in [0.2, 0.25) is 0 Å². The summed E-state index contributed by atoms with van der Waals surface area (Å²) >= 11 is 3.02. The largest absolute Gasteiger partial charge is 0.481 e. The van der Waals surface area contributed by atoms with Crippen molar-refractivity contribution in [2.24, 2.45) is 0 Å². The summed E-state index contributed by atoms with van der Waals surface area (Å²) in [4.78, 5) is 15.5. The number of amides is 1. The summed E-state index contributed by atoms with van der Waals surface area (Å²) < 4.78 is 35.9. The average Bonchev–Trinajstić information content (AvgIpc) is 2.28. The first-order valence-electron chi connectivity index (χ1n) is 5.66. The maximum atomic E-state index is 13.0. The van der Waals surface area contributed by atoms with E-state index in [1.165, 1.54) is 7.11 Å². The van der Waals surface area contributed by atoms with Crippen LogP contribution in [0, 0.1) is 0 Å². The zero-order valence-corrected chi connectivity index (χ0v) is 13.0. The molecule has 1 amide bonds. The van der Waals surface area contributed by atoms with Crippen LogP contribution < -0.4 is 10.1 Å². The fourth-order valence-corrected chi connectivity index (χ4v) is 1.82. The van der Waals surface area contributed by atoms with E-state index in [4.69, 9.17) is 9.47 Å². The molecule has 1 aromatic rings. The van der Waals surface area contributed by atoms with Crippen LogP contribution in [0.1, 0.15) is 32.8 Å². The third kappa shape index (κ3) is 4.59. The Morgan fingerprint density at radius 1 is 1.45 bits per heavy atom. The number of alkyl halides is 2. The van der Waals surface area contributed by atoms with Gasteiger partial charge in [0, 0.05) is 11.6 Å². The molecule has 112 valence electrons. The van der Waals surface area contributed by atoms with Gasteiger partial charge < -0.3 is 9.47 Å². The lowest BCUT2D eigenvalue weighted by molar-refractivity contribution is 0.0635. The molecule has 1 N–H and O–H groups in total. The lowest BCUT2D eigenvalue weighted by Gasteiger charge is -2.21. The molecule has 0 aliphatic heterocycles. The monoisotopic (exact) mass is 352 g/mol. The SMILES string of the molecule is COc1cc(C(F)F)c(NC(=O)OC(C)(C)C)c(Br)n1. The van der Waals surface area contributed by atoms with Gasteiger partial charge >= 0.3 is 6.09 Å². The van der Waals surface area contributed by atoms with Gasteiger partial charge in [-0.1, -0.05) is 0 Å². The number of methoxy groups -OCH3 is 1. The third-order valence-corrected chi connectivity index (χ3v) is 2.63. The van der Waals surface area contributed by atoms with Crippen LogP contribution in [-0.4, -0.2) is 23.8 Å². The van der Waals surface area contributed by atoms with Gasteiger partial charge in [-0.15, -0.1) is 0 Å². The zero-order chi connectivity index (χ0) is 15.5. The number of hydrogen-bond donors (Lipinski definition) is 1. The maximum Gasteiger partial charge on any atom is 0.412 e. The maximum absolute atomic E-state index is 13.0. The molecule has 0 aromatic carbocycles. The Balaban J connectivity index is 3.08. The van der Waals surface area contributed by atoms with Crippen LogP contribution in [-0.2, 0) is 4.74 Å². The molecule has 0 saturated heterocycles. The number of carbonyl (C=O) groups is 1. The Labute approximate surface area is 123 Å². The normalized spacial score (nSPS) is 11.4. The van der Waals surface area contributed by atoms with Gasteiger partial charge in [0.2, 0.25) is 5.88 Å². The predicted octanol–water partition coefficient (Wildman–Crippen LogP) is 4.14. The van der Waals surface area contributed by atoms with E-state index in [1.54, 1.807) is 20.8 Å². The first kappa shape index (κ1) is 16.6. The molecule has 0 unspecified atom stereocenters. The van der Waals surface area contributed by atoms with Crippen LogP contribution in [0.15, 0.2) is 10.7 Å². The van der Waals surface area contributed by atoms with E-state index < -0.39 is 23.7 Å². The molecule has 0 spiro atoms. The smallest absolute Gasteiger partial charge is 0.412 e. The van der Waals surface area contributed by atoms with Gasteiger partial charge in [0.15, 0.2) is 0 Å². The predicted molar refractivity (Wildman–Crippen MR) is 73.3 cm³/mol. The Bertz CT molecular complexity index is 504. The quantitative estimate of drug-likeness (QED) is 0.830. The second-order valence-corrected chi connectivity index (χ2v) is 5.60. The molecule has 0 aliphatic rings. The van der Waals surface area contributed by atoms with E-state index in [2.05, 4.69) is 26.2 Å². The number of halogens is 3. The van der Waals surface area contributed by atoms with Crippen molar-refractivity contribution in [2.75, 3.05) is 12.4 Å². The summed E-state index contributed by atoms with van der Waals surface area (Å²) in [6, 6.07) is 1.06. The Kier molecular flexibility index (Phi) is 5.27. The molecule has 0 atom stereocenters. The number of rotatable bonds is 3. The van der Waals surface area contributed by atoms with Crippen molar-refractivity contribution in [3.63, 3.8) is 0 Å². The number of carbonyl (C=O) groups excluding carboxylic acids is 1. The third-order valence-electron chi connectivity index (χ3n) is 2.05. The first-order chi connectivity index (χ1) is 9.14. The Morgan fingerprint density at radius 2 is 2.05 bits per heavy atom. The van der Waals surface area contributed by atoms with Gasteiger partial charge in [-0.25, -0.2) is 18.6 Å². The van der Waals surface area contributed by atoms with E-state index in [-0.39, 0.29) is 16.2 Å². The standard InChI is InChI=1S/C12H15BrF2N2O3/c1-12(2,3)20-11(18)17-8-6(10(14)15)5-7(19-4)16-9(8)13/h5,10H,1-4H3,(H,17,18). The summed E-state index contributed by atoms with van der Waals surface area (Å²) in [5.41, 5.74) is -1.29. The number of anilines is 1. The van der Waals surface area contributed by atoms with Gasteiger partial charge in [-0.2, -0.15) is 0 Å². The Hall–Kier alpha value is -1.44. The van der Waals surface area contributed by atoms with E-state index in [1.807, 2.05) is 0 Å². The van der Waals surface area contributed by atoms with Crippen LogP contribution in [0.3, 0.4) is 0 Å². The van der Waals surface area contributed by atoms with Crippen molar-refractivity contribution in [3.05, 3.63) is 16.2 Å². The summed E-state index contributed by atoms with van der Waals surface area (Å²) in [7, 11) is 1.31. The molecule has 1 heterocycles. The molecule has 1 rings (SSSR count). The molecule has 0 fully saturated rings. The molecule has 20 heavy (non-hydrogen) atoms. The van der Waals surface area contributed by atoms with Gasteiger partial charge in [0.25, 0.3) is 6.43 Å². The van der Waals surface area contributed by atoms with Crippen molar-refractivity contribution >= 4 is 27.7 Å². The molecule has 0 radical (unpaired) electrons. The molecule has 0 saturated carbocycles. The highest BCUT2D eigenvalue weighted by Gasteiger charge is 2.23. The molecular formula is C12H15BrF2N2O3. The second-order valence-electron chi connectivity index (χ2n) is 4.85. The van der Waals surface area contributed by atoms with Crippen LogP contribution in [0.4, 0.5) is 19.3 Å². The number of pyridine rings is 1. The number of nitrogens with one attached hydrogen (secondary N) is 1. The lowest BCUT2D eigenvalue weighted by Crippen LogP contribution is -2.27. The van der Waals surface area contributed by atoms with Crippen LogP contribution >= 0.6 is 15.9 Å². The van der Waals surface area contributed by atoms with Gasteiger partial charge in [-0.05, 0) is 36.7 Å². The second kappa shape index (κ2) is 6.34. The zero-order valence-electron chi connectivity index (χ0n) is 11.5. The van der Waals surface area contributed by atoms with Crippen molar-refractivity contribution in [1.82, 2.24) is 4.98 Å².